The fourth-order valence-corrected chi connectivity index (χ4v) is 2.76. The van der Waals surface area contributed by atoms with Crippen LogP contribution in [0, 0.1) is 0 Å². The summed E-state index contributed by atoms with van der Waals surface area (Å²) in [6, 6.07) is 7.11. The summed E-state index contributed by atoms with van der Waals surface area (Å²) >= 11 is 0. The van der Waals surface area contributed by atoms with Gasteiger partial charge in [-0.05, 0) is 23.7 Å². The van der Waals surface area contributed by atoms with Gasteiger partial charge < -0.3 is 0 Å². The molecule has 0 N–H and O–H groups in total. The largest absolute Gasteiger partial charge is 0.257 e. The zero-order chi connectivity index (χ0) is 9.90. The van der Waals surface area contributed by atoms with Crippen molar-refractivity contribution in [2.75, 3.05) is 0 Å². The molecule has 1 rings (SSSR count). The Hall–Kier alpha value is -0.893. The van der Waals surface area contributed by atoms with E-state index in [2.05, 4.69) is 31.2 Å². The molecule has 1 aromatic rings. The van der Waals surface area contributed by atoms with Crippen LogP contribution in [0.15, 0.2) is 31.0 Å². The van der Waals surface area contributed by atoms with E-state index < -0.39 is 8.07 Å². The van der Waals surface area contributed by atoms with Crippen LogP contribution in [0.5, 0.6) is 0 Å². The number of hydrogen-bond donors (Lipinski definition) is 0. The number of nitrogens with zero attached hydrogens (tertiary/aromatic N) is 1. The third-order valence-corrected chi connectivity index (χ3v) is 3.26. The number of pyridine rings is 1. The van der Waals surface area contributed by atoms with E-state index in [4.69, 9.17) is 0 Å². The zero-order valence-electron chi connectivity index (χ0n) is 8.67. The number of rotatable bonds is 3. The van der Waals surface area contributed by atoms with Crippen LogP contribution in [0.25, 0.3) is 5.57 Å². The van der Waals surface area contributed by atoms with E-state index in [1.807, 2.05) is 24.4 Å². The lowest BCUT2D eigenvalue weighted by Gasteiger charge is -2.16. The maximum absolute atomic E-state index is 4.29. The quantitative estimate of drug-likeness (QED) is 0.667. The van der Waals surface area contributed by atoms with E-state index in [9.17, 15) is 0 Å². The minimum Gasteiger partial charge on any atom is -0.257 e. The molecule has 0 atom stereocenters. The minimum atomic E-state index is -1.04. The Morgan fingerprint density at radius 3 is 2.54 bits per heavy atom. The van der Waals surface area contributed by atoms with Crippen LogP contribution >= 0.6 is 0 Å². The van der Waals surface area contributed by atoms with Gasteiger partial charge in [0.1, 0.15) is 0 Å². The summed E-state index contributed by atoms with van der Waals surface area (Å²) in [5, 5.41) is 0. The highest BCUT2D eigenvalue weighted by Gasteiger charge is 2.15. The molecule has 0 saturated heterocycles. The Morgan fingerprint density at radius 2 is 2.08 bits per heavy atom. The van der Waals surface area contributed by atoms with E-state index in [1.54, 1.807) is 0 Å². The predicted octanol–water partition coefficient (Wildman–Crippen LogP) is 3.43. The highest BCUT2D eigenvalue weighted by atomic mass is 28.3. The molecule has 0 aliphatic rings. The molecule has 0 unspecified atom stereocenters. The lowest BCUT2D eigenvalue weighted by molar-refractivity contribution is 1.26. The third-order valence-electron chi connectivity index (χ3n) is 1.77. The first kappa shape index (κ1) is 10.2. The van der Waals surface area contributed by atoms with Gasteiger partial charge >= 0.3 is 0 Å². The monoisotopic (exact) mass is 191 g/mol. The first-order chi connectivity index (χ1) is 5.99. The fraction of sp³-hybridized carbons (Fsp3) is 0.364. The molecule has 0 fully saturated rings. The summed E-state index contributed by atoms with van der Waals surface area (Å²) in [6.07, 6.45) is 1.82. The molecule has 2 heteroatoms. The van der Waals surface area contributed by atoms with Crippen LogP contribution in [-0.2, 0) is 0 Å². The van der Waals surface area contributed by atoms with Gasteiger partial charge in [0.15, 0.2) is 0 Å². The van der Waals surface area contributed by atoms with Crippen LogP contribution in [0.2, 0.25) is 25.7 Å². The van der Waals surface area contributed by atoms with Crippen molar-refractivity contribution in [1.29, 1.82) is 0 Å². The Morgan fingerprint density at radius 1 is 1.38 bits per heavy atom. The summed E-state index contributed by atoms with van der Waals surface area (Å²) in [7, 11) is -1.04. The lowest BCUT2D eigenvalue weighted by atomic mass is 10.2. The van der Waals surface area contributed by atoms with E-state index in [0.717, 1.165) is 11.7 Å². The predicted molar refractivity (Wildman–Crippen MR) is 61.4 cm³/mol. The van der Waals surface area contributed by atoms with Crippen LogP contribution in [0.1, 0.15) is 5.69 Å². The maximum Gasteiger partial charge on any atom is 0.0652 e. The van der Waals surface area contributed by atoms with Crippen LogP contribution in [-0.4, -0.2) is 13.1 Å². The highest BCUT2D eigenvalue weighted by molar-refractivity contribution is 6.77. The molecule has 1 heterocycles. The molecule has 70 valence electrons. The second-order valence-electron chi connectivity index (χ2n) is 4.56. The Labute approximate surface area is 81.5 Å². The molecule has 0 aliphatic heterocycles. The summed E-state index contributed by atoms with van der Waals surface area (Å²) in [5.74, 6) is 0. The molecule has 0 amide bonds. The second-order valence-corrected chi connectivity index (χ2v) is 10.0. The molecule has 1 nitrogen and oxygen atoms in total. The van der Waals surface area contributed by atoms with Gasteiger partial charge in [-0.1, -0.05) is 32.3 Å². The van der Waals surface area contributed by atoms with Crippen molar-refractivity contribution in [2.24, 2.45) is 0 Å². The van der Waals surface area contributed by atoms with Gasteiger partial charge in [0.05, 0.1) is 5.69 Å². The molecule has 0 radical (unpaired) electrons. The molecule has 13 heavy (non-hydrogen) atoms. The first-order valence-corrected chi connectivity index (χ1v) is 8.29. The standard InChI is InChI=1S/C11H17NSi/c1-10(9-13(2,3)4)11-7-5-6-8-12-11/h5-8H,1,9H2,2-4H3. The number of allylic oxidation sites excluding steroid dienone is 1. The zero-order valence-corrected chi connectivity index (χ0v) is 9.67. The van der Waals surface area contributed by atoms with Crippen molar-refractivity contribution in [3.63, 3.8) is 0 Å². The maximum atomic E-state index is 4.29. The van der Waals surface area contributed by atoms with Gasteiger partial charge in [-0.25, -0.2) is 0 Å². The van der Waals surface area contributed by atoms with Crippen molar-refractivity contribution in [3.05, 3.63) is 36.7 Å². The second kappa shape index (κ2) is 3.88. The highest BCUT2D eigenvalue weighted by Crippen LogP contribution is 2.21. The van der Waals surface area contributed by atoms with Crippen molar-refractivity contribution in [2.45, 2.75) is 25.7 Å². The third kappa shape index (κ3) is 3.55. The minimum absolute atomic E-state index is 1.04. The van der Waals surface area contributed by atoms with Crippen LogP contribution in [0.3, 0.4) is 0 Å². The summed E-state index contributed by atoms with van der Waals surface area (Å²) in [4.78, 5) is 4.29. The molecule has 0 bridgehead atoms. The van der Waals surface area contributed by atoms with E-state index in [0.29, 0.717) is 0 Å². The average Bonchev–Trinajstić information content (AvgIpc) is 2.03. The van der Waals surface area contributed by atoms with Crippen molar-refractivity contribution < 1.29 is 0 Å². The Bertz CT molecular complexity index is 285. The molecule has 0 spiro atoms. The van der Waals surface area contributed by atoms with E-state index in [1.165, 1.54) is 5.57 Å². The number of aromatic nitrogens is 1. The smallest absolute Gasteiger partial charge is 0.0652 e. The molecular weight excluding hydrogens is 174 g/mol. The van der Waals surface area contributed by atoms with E-state index >= 15 is 0 Å². The van der Waals surface area contributed by atoms with E-state index in [-0.39, 0.29) is 0 Å². The van der Waals surface area contributed by atoms with Gasteiger partial charge in [0.2, 0.25) is 0 Å². The molecule has 0 aromatic carbocycles. The summed E-state index contributed by atoms with van der Waals surface area (Å²) in [5.41, 5.74) is 2.23. The number of hydrogen-bond acceptors (Lipinski definition) is 1. The summed E-state index contributed by atoms with van der Waals surface area (Å²) in [6.45, 7) is 11.1. The van der Waals surface area contributed by atoms with Gasteiger partial charge in [-0.15, -0.1) is 0 Å². The van der Waals surface area contributed by atoms with Gasteiger partial charge in [0, 0.05) is 14.3 Å². The van der Waals surface area contributed by atoms with Crippen LogP contribution < -0.4 is 0 Å². The average molecular weight is 191 g/mol. The Balaban J connectivity index is 2.71. The van der Waals surface area contributed by atoms with Crippen molar-refractivity contribution in [1.82, 2.24) is 4.98 Å². The molecule has 0 aliphatic carbocycles. The molecular formula is C11H17NSi. The lowest BCUT2D eigenvalue weighted by Crippen LogP contribution is -2.19. The topological polar surface area (TPSA) is 12.9 Å². The van der Waals surface area contributed by atoms with Gasteiger partial charge in [-0.3, -0.25) is 4.98 Å². The molecule has 0 saturated carbocycles. The van der Waals surface area contributed by atoms with Crippen LogP contribution in [0.4, 0.5) is 0 Å². The van der Waals surface area contributed by atoms with Crippen molar-refractivity contribution >= 4 is 13.6 Å². The summed E-state index contributed by atoms with van der Waals surface area (Å²) < 4.78 is 0. The fourth-order valence-electron chi connectivity index (χ4n) is 1.30. The first-order valence-electron chi connectivity index (χ1n) is 4.58. The van der Waals surface area contributed by atoms with Crippen molar-refractivity contribution in [3.8, 4) is 0 Å². The molecule has 1 aromatic heterocycles. The normalized spacial score (nSPS) is 11.3. The Kier molecular flexibility index (Phi) is 3.04. The SMILES string of the molecule is C=C(C[Si](C)(C)C)c1ccccn1. The van der Waals surface area contributed by atoms with Gasteiger partial charge in [-0.2, -0.15) is 0 Å². The van der Waals surface area contributed by atoms with Gasteiger partial charge in [0.25, 0.3) is 0 Å².